The van der Waals surface area contributed by atoms with Crippen molar-refractivity contribution in [3.8, 4) is 0 Å². The fourth-order valence-corrected chi connectivity index (χ4v) is 2.16. The van der Waals surface area contributed by atoms with Crippen LogP contribution in [0.15, 0.2) is 60.8 Å². The maximum atomic E-state index is 11.5. The summed E-state index contributed by atoms with van der Waals surface area (Å²) in [4.78, 5) is 21.7. The van der Waals surface area contributed by atoms with Gasteiger partial charge in [0.25, 0.3) is 0 Å². The predicted octanol–water partition coefficient (Wildman–Crippen LogP) is 5.95. The minimum absolute atomic E-state index is 0.111. The second-order valence-electron chi connectivity index (χ2n) is 5.86. The molecule has 0 aromatic carbocycles. The molecule has 138 valence electrons. The Bertz CT molecular complexity index is 493. The zero-order chi connectivity index (χ0) is 18.6. The standard InChI is InChI=1S/C22H32O3/c1-2-3-4-5-6-7-8-9-10-11-12-13-15-18-21(23)19-16-14-17-20-22(24)25/h10-13,15-20H,2-9,14H2,1H3,(H,24,25). The Hall–Kier alpha value is -2.16. The van der Waals surface area contributed by atoms with Gasteiger partial charge in [-0.05, 0) is 31.4 Å². The van der Waals surface area contributed by atoms with Gasteiger partial charge in [-0.2, -0.15) is 0 Å². The fraction of sp³-hybridized carbons (Fsp3) is 0.455. The molecule has 0 atom stereocenters. The molecule has 25 heavy (non-hydrogen) atoms. The number of carbonyl (C=O) groups excluding carboxylic acids is 1. The van der Waals surface area contributed by atoms with Crippen LogP contribution in [-0.4, -0.2) is 16.9 Å². The van der Waals surface area contributed by atoms with Crippen molar-refractivity contribution in [3.63, 3.8) is 0 Å². The topological polar surface area (TPSA) is 54.4 Å². The van der Waals surface area contributed by atoms with Crippen molar-refractivity contribution in [3.05, 3.63) is 60.8 Å². The highest BCUT2D eigenvalue weighted by atomic mass is 16.4. The van der Waals surface area contributed by atoms with Crippen LogP contribution in [0.4, 0.5) is 0 Å². The van der Waals surface area contributed by atoms with Crippen LogP contribution in [0.3, 0.4) is 0 Å². The summed E-state index contributed by atoms with van der Waals surface area (Å²) in [6.45, 7) is 2.24. The van der Waals surface area contributed by atoms with Crippen molar-refractivity contribution in [2.45, 2.75) is 64.7 Å². The number of carboxylic acids is 1. The third-order valence-electron chi connectivity index (χ3n) is 3.52. The SMILES string of the molecule is CCCCCCCCCC=CC=CC=CC(=O)C=CCC=CC(=O)O. The number of aliphatic carboxylic acids is 1. The third-order valence-corrected chi connectivity index (χ3v) is 3.52. The van der Waals surface area contributed by atoms with E-state index in [1.165, 1.54) is 63.2 Å². The molecule has 1 N–H and O–H groups in total. The summed E-state index contributed by atoms with van der Waals surface area (Å²) in [7, 11) is 0. The summed E-state index contributed by atoms with van der Waals surface area (Å²) in [5.41, 5.74) is 0. The van der Waals surface area contributed by atoms with Gasteiger partial charge in [-0.1, -0.05) is 88.0 Å². The van der Waals surface area contributed by atoms with Crippen molar-refractivity contribution in [2.24, 2.45) is 0 Å². The first-order valence-electron chi connectivity index (χ1n) is 9.26. The molecule has 0 spiro atoms. The Morgan fingerprint density at radius 1 is 0.720 bits per heavy atom. The number of ketones is 1. The Labute approximate surface area is 152 Å². The first-order chi connectivity index (χ1) is 12.2. The van der Waals surface area contributed by atoms with Crippen molar-refractivity contribution in [1.29, 1.82) is 0 Å². The number of unbranched alkanes of at least 4 members (excludes halogenated alkanes) is 7. The van der Waals surface area contributed by atoms with E-state index in [0.29, 0.717) is 6.42 Å². The number of allylic oxidation sites excluding steroid dienone is 9. The highest BCUT2D eigenvalue weighted by molar-refractivity contribution is 5.99. The molecule has 0 aliphatic carbocycles. The second-order valence-corrected chi connectivity index (χ2v) is 5.86. The molecule has 3 heteroatoms. The van der Waals surface area contributed by atoms with Gasteiger partial charge in [0, 0.05) is 6.08 Å². The van der Waals surface area contributed by atoms with Gasteiger partial charge in [0.2, 0.25) is 0 Å². The van der Waals surface area contributed by atoms with Gasteiger partial charge < -0.3 is 5.11 Å². The van der Waals surface area contributed by atoms with Gasteiger partial charge in [0.1, 0.15) is 0 Å². The fourth-order valence-electron chi connectivity index (χ4n) is 2.16. The third kappa shape index (κ3) is 19.8. The first kappa shape index (κ1) is 22.8. The van der Waals surface area contributed by atoms with E-state index >= 15 is 0 Å². The molecule has 0 aliphatic heterocycles. The van der Waals surface area contributed by atoms with E-state index in [4.69, 9.17) is 5.11 Å². The smallest absolute Gasteiger partial charge is 0.327 e. The number of rotatable bonds is 15. The van der Waals surface area contributed by atoms with Crippen LogP contribution in [0.25, 0.3) is 0 Å². The highest BCUT2D eigenvalue weighted by Crippen LogP contribution is 2.08. The summed E-state index contributed by atoms with van der Waals surface area (Å²) in [6.07, 6.45) is 27.6. The van der Waals surface area contributed by atoms with Crippen LogP contribution in [0, 0.1) is 0 Å². The molecule has 0 saturated carbocycles. The van der Waals surface area contributed by atoms with Crippen LogP contribution in [-0.2, 0) is 9.59 Å². The van der Waals surface area contributed by atoms with Gasteiger partial charge in [0.15, 0.2) is 5.78 Å². The molecule has 0 radical (unpaired) electrons. The number of carboxylic acid groups (broad SMARTS) is 1. The van der Waals surface area contributed by atoms with Crippen LogP contribution < -0.4 is 0 Å². The molecule has 0 saturated heterocycles. The average molecular weight is 344 g/mol. The molecule has 0 unspecified atom stereocenters. The van der Waals surface area contributed by atoms with E-state index in [9.17, 15) is 9.59 Å². The molecule has 0 aliphatic rings. The Kier molecular flexibility index (Phi) is 16.6. The lowest BCUT2D eigenvalue weighted by Crippen LogP contribution is -1.85. The zero-order valence-corrected chi connectivity index (χ0v) is 15.4. The van der Waals surface area contributed by atoms with Crippen molar-refractivity contribution in [1.82, 2.24) is 0 Å². The van der Waals surface area contributed by atoms with E-state index in [1.54, 1.807) is 12.2 Å². The first-order valence-corrected chi connectivity index (χ1v) is 9.26. The van der Waals surface area contributed by atoms with E-state index < -0.39 is 5.97 Å². The molecule has 0 heterocycles. The van der Waals surface area contributed by atoms with E-state index in [1.807, 2.05) is 18.2 Å². The summed E-state index contributed by atoms with van der Waals surface area (Å²) < 4.78 is 0. The summed E-state index contributed by atoms with van der Waals surface area (Å²) >= 11 is 0. The van der Waals surface area contributed by atoms with Crippen LogP contribution in [0.5, 0.6) is 0 Å². The van der Waals surface area contributed by atoms with Crippen LogP contribution >= 0.6 is 0 Å². The molecular weight excluding hydrogens is 312 g/mol. The van der Waals surface area contributed by atoms with E-state index in [0.717, 1.165) is 12.5 Å². The van der Waals surface area contributed by atoms with Gasteiger partial charge in [-0.3, -0.25) is 4.79 Å². The quantitative estimate of drug-likeness (QED) is 0.227. The number of hydrogen-bond acceptors (Lipinski definition) is 2. The average Bonchev–Trinajstić information content (AvgIpc) is 2.58. The number of carbonyl (C=O) groups is 2. The molecule has 0 aromatic rings. The summed E-state index contributed by atoms with van der Waals surface area (Å²) in [6, 6.07) is 0. The summed E-state index contributed by atoms with van der Waals surface area (Å²) in [5, 5.41) is 8.41. The maximum absolute atomic E-state index is 11.5. The van der Waals surface area contributed by atoms with Crippen molar-refractivity contribution in [2.75, 3.05) is 0 Å². The number of hydrogen-bond donors (Lipinski definition) is 1. The zero-order valence-electron chi connectivity index (χ0n) is 15.4. The lowest BCUT2D eigenvalue weighted by molar-refractivity contribution is -0.131. The predicted molar refractivity (Wildman–Crippen MR) is 106 cm³/mol. The monoisotopic (exact) mass is 344 g/mol. The molecule has 0 fully saturated rings. The molecule has 0 amide bonds. The molecule has 0 rings (SSSR count). The molecule has 0 aromatic heterocycles. The van der Waals surface area contributed by atoms with Crippen molar-refractivity contribution < 1.29 is 14.7 Å². The minimum Gasteiger partial charge on any atom is -0.478 e. The molecule has 0 bridgehead atoms. The van der Waals surface area contributed by atoms with Gasteiger partial charge in [-0.25, -0.2) is 4.79 Å². The lowest BCUT2D eigenvalue weighted by Gasteiger charge is -1.98. The van der Waals surface area contributed by atoms with Crippen molar-refractivity contribution >= 4 is 11.8 Å². The largest absolute Gasteiger partial charge is 0.478 e. The Morgan fingerprint density at radius 2 is 1.36 bits per heavy atom. The normalized spacial score (nSPS) is 12.5. The molecular formula is C22H32O3. The van der Waals surface area contributed by atoms with Crippen LogP contribution in [0.1, 0.15) is 64.7 Å². The van der Waals surface area contributed by atoms with E-state index in [-0.39, 0.29) is 5.78 Å². The summed E-state index contributed by atoms with van der Waals surface area (Å²) in [5.74, 6) is -1.09. The van der Waals surface area contributed by atoms with Crippen LogP contribution in [0.2, 0.25) is 0 Å². The maximum Gasteiger partial charge on any atom is 0.327 e. The second kappa shape index (κ2) is 18.2. The van der Waals surface area contributed by atoms with Gasteiger partial charge >= 0.3 is 5.97 Å². The highest BCUT2D eigenvalue weighted by Gasteiger charge is 1.89. The van der Waals surface area contributed by atoms with Gasteiger partial charge in [0.05, 0.1) is 0 Å². The van der Waals surface area contributed by atoms with Gasteiger partial charge in [-0.15, -0.1) is 0 Å². The molecule has 3 nitrogen and oxygen atoms in total. The minimum atomic E-state index is -0.982. The Morgan fingerprint density at radius 3 is 2.08 bits per heavy atom. The lowest BCUT2D eigenvalue weighted by atomic mass is 10.1. The Balaban J connectivity index is 3.68. The van der Waals surface area contributed by atoms with E-state index in [2.05, 4.69) is 13.0 Å².